The van der Waals surface area contributed by atoms with Gasteiger partial charge in [-0.3, -0.25) is 19.8 Å². The summed E-state index contributed by atoms with van der Waals surface area (Å²) in [6, 6.07) is 4.41. The number of aliphatic carboxylic acids is 1. The molecule has 326 valence electrons. The first kappa shape index (κ1) is 44.7. The lowest BCUT2D eigenvalue weighted by atomic mass is 9.82. The quantitative estimate of drug-likeness (QED) is 0.0743. The molecule has 7 atom stereocenters. The Labute approximate surface area is 355 Å². The topological polar surface area (TPSA) is 219 Å². The van der Waals surface area contributed by atoms with Crippen LogP contribution in [0.1, 0.15) is 86.0 Å². The van der Waals surface area contributed by atoms with E-state index in [0.717, 1.165) is 37.2 Å². The molecule has 3 aromatic rings. The zero-order valence-corrected chi connectivity index (χ0v) is 36.3. The minimum atomic E-state index is -1.53. The molecule has 17 heteroatoms. The average Bonchev–Trinajstić information content (AvgIpc) is 3.48. The number of anilines is 1. The average molecular weight is 848 g/mol. The molecule has 0 unspecified atom stereocenters. The number of carboxylic acids is 1. The number of hydrazine groups is 1. The summed E-state index contributed by atoms with van der Waals surface area (Å²) in [5.74, 6) is -3.14. The Hall–Kier alpha value is -4.84. The number of pyridine rings is 1. The molecular formula is C43H59N8O8S-. The van der Waals surface area contributed by atoms with E-state index in [1.165, 1.54) is 24.5 Å². The first-order chi connectivity index (χ1) is 28.5. The third kappa shape index (κ3) is 9.85. The predicted octanol–water partition coefficient (Wildman–Crippen LogP) is 5.39. The van der Waals surface area contributed by atoms with E-state index in [9.17, 15) is 29.5 Å². The summed E-state index contributed by atoms with van der Waals surface area (Å²) in [7, 11) is 3.10. The second-order valence-corrected chi connectivity index (χ2v) is 18.5. The third-order valence-corrected chi connectivity index (χ3v) is 12.7. The van der Waals surface area contributed by atoms with E-state index in [1.54, 1.807) is 25.3 Å². The number of benzene rings is 1. The van der Waals surface area contributed by atoms with Crippen LogP contribution in [0.3, 0.4) is 0 Å². The van der Waals surface area contributed by atoms with Gasteiger partial charge in [0.15, 0.2) is 5.13 Å². The normalized spacial score (nSPS) is 24.1. The third-order valence-electron chi connectivity index (χ3n) is 11.9. The minimum absolute atomic E-state index is 0.0454. The van der Waals surface area contributed by atoms with Gasteiger partial charge in [0, 0.05) is 54.4 Å². The van der Waals surface area contributed by atoms with Crippen LogP contribution in [-0.2, 0) is 19.2 Å². The fourth-order valence-corrected chi connectivity index (χ4v) is 9.33. The van der Waals surface area contributed by atoms with Crippen molar-refractivity contribution >= 4 is 51.1 Å². The summed E-state index contributed by atoms with van der Waals surface area (Å²) < 4.78 is 12.2. The number of hydrogen-bond donors (Lipinski definition) is 6. The molecule has 0 radical (unpaired) electrons. The predicted molar refractivity (Wildman–Crippen MR) is 230 cm³/mol. The highest BCUT2D eigenvalue weighted by Gasteiger charge is 2.61. The van der Waals surface area contributed by atoms with Crippen LogP contribution in [0.15, 0.2) is 42.3 Å². The molecule has 2 aromatic heterocycles. The zero-order valence-electron chi connectivity index (χ0n) is 35.5. The Morgan fingerprint density at radius 2 is 1.80 bits per heavy atom. The first-order valence-electron chi connectivity index (χ1n) is 20.8. The highest BCUT2D eigenvalue weighted by Crippen LogP contribution is 2.46. The Balaban J connectivity index is 1.30. The van der Waals surface area contributed by atoms with Crippen molar-refractivity contribution in [3.05, 3.63) is 47.5 Å². The largest absolute Gasteiger partial charge is 0.771 e. The lowest BCUT2D eigenvalue weighted by Crippen LogP contribution is -2.62. The number of rotatable bonds is 17. The van der Waals surface area contributed by atoms with Gasteiger partial charge in [0.2, 0.25) is 17.7 Å². The van der Waals surface area contributed by atoms with Crippen molar-refractivity contribution in [2.75, 3.05) is 19.5 Å². The Kier molecular flexibility index (Phi) is 13.7. The van der Waals surface area contributed by atoms with Crippen LogP contribution < -0.4 is 36.2 Å². The maximum atomic E-state index is 14.5. The number of likely N-dealkylation sites (N-methyl/N-ethyl adjacent to an activating group) is 1. The van der Waals surface area contributed by atoms with Gasteiger partial charge in [0.05, 0.1) is 24.2 Å². The van der Waals surface area contributed by atoms with Crippen molar-refractivity contribution in [1.82, 2.24) is 36.5 Å². The number of carboxylic acid groups (broad SMARTS) is 1. The number of aromatic nitrogens is 2. The van der Waals surface area contributed by atoms with Gasteiger partial charge in [-0.2, -0.15) is 0 Å². The summed E-state index contributed by atoms with van der Waals surface area (Å²) in [4.78, 5) is 63.5. The molecule has 0 saturated heterocycles. The summed E-state index contributed by atoms with van der Waals surface area (Å²) in [5, 5.41) is 40.2. The molecule has 60 heavy (non-hydrogen) atoms. The van der Waals surface area contributed by atoms with E-state index in [1.807, 2.05) is 46.1 Å². The zero-order chi connectivity index (χ0) is 43.5. The van der Waals surface area contributed by atoms with Crippen LogP contribution >= 0.6 is 11.3 Å². The molecule has 3 aliphatic rings. The maximum Gasteiger partial charge on any atom is 0.330 e. The van der Waals surface area contributed by atoms with Gasteiger partial charge in [0.1, 0.15) is 40.9 Å². The second kappa shape index (κ2) is 18.4. The smallest absolute Gasteiger partial charge is 0.330 e. The molecule has 0 spiro atoms. The molecular weight excluding hydrogens is 789 g/mol. The maximum absolute atomic E-state index is 14.5. The number of nitrogens with zero attached hydrogens (tertiary/aromatic N) is 3. The van der Waals surface area contributed by atoms with E-state index in [4.69, 9.17) is 19.4 Å². The summed E-state index contributed by atoms with van der Waals surface area (Å²) >= 11 is 1.45. The number of nitrogens with one attached hydrogen (secondary N) is 5. The van der Waals surface area contributed by atoms with Crippen LogP contribution in [0.25, 0.3) is 22.3 Å². The molecule has 16 nitrogen and oxygen atoms in total. The van der Waals surface area contributed by atoms with E-state index < -0.39 is 64.8 Å². The van der Waals surface area contributed by atoms with Gasteiger partial charge in [-0.15, -0.1) is 17.9 Å². The standard InChI is InChI=1S/C43H59N8O8S/c1-9-25-21-43(25,40(55)56)49-37(52)29-17-27(59-34-20-31(32-22-60-41(47-32)45-23(2)3)46-30-18-26(58-8)15-16-28(30)34)19-33(29)51(57)50-36(42(4,5)6)39(54)48-35(38(53)44-7)24-13-11-10-12-14-24/h9,15-16,18,20,22-25,27,29,33,35-36,50H,1,10-14,17,19,21H2,2-8H3,(H,44,53)(H,45,47)(H,48,54)(H,49,52)(H,55,56)/q-1/t25-,27-,29-,33-,35+,36-,43-/m1/s1. The SMILES string of the molecule is C=C[C@@H]1C[C@]1(NC(=O)[C@@H]1C[C@@H](Oc2cc(-c3csc(NC(C)C)n3)nc3cc(OC)ccc23)C[C@H]1N([O-])N[C@H](C(=O)N[C@H](C(=O)NC)C1CCCCC1)C(C)(C)C)C(=O)O. The van der Waals surface area contributed by atoms with Gasteiger partial charge in [0.25, 0.3) is 0 Å². The molecule has 3 amide bonds. The Bertz CT molecular complexity index is 2070. The van der Waals surface area contributed by atoms with Crippen molar-refractivity contribution in [2.24, 2.45) is 23.2 Å². The molecule has 2 heterocycles. The van der Waals surface area contributed by atoms with Gasteiger partial charge in [-0.05, 0) is 63.0 Å². The van der Waals surface area contributed by atoms with Crippen LogP contribution in [0, 0.1) is 28.4 Å². The number of fused-ring (bicyclic) bond motifs is 1. The van der Waals surface area contributed by atoms with Crippen LogP contribution in [0.5, 0.6) is 11.5 Å². The number of thiazole rings is 1. The fraction of sp³-hybridized carbons (Fsp3) is 0.581. The number of carbonyl (C=O) groups is 4. The van der Waals surface area contributed by atoms with Gasteiger partial charge in [-0.25, -0.2) is 14.8 Å². The van der Waals surface area contributed by atoms with E-state index in [2.05, 4.69) is 33.3 Å². The van der Waals surface area contributed by atoms with Crippen LogP contribution in [0.4, 0.5) is 5.13 Å². The Morgan fingerprint density at radius 3 is 2.42 bits per heavy atom. The number of carbonyl (C=O) groups excluding carboxylic acids is 3. The van der Waals surface area contributed by atoms with E-state index in [-0.39, 0.29) is 37.1 Å². The molecule has 0 bridgehead atoms. The molecule has 6 N–H and O–H groups in total. The number of methoxy groups -OCH3 is 1. The minimum Gasteiger partial charge on any atom is -0.771 e. The Morgan fingerprint density at radius 1 is 1.07 bits per heavy atom. The van der Waals surface area contributed by atoms with Crippen molar-refractivity contribution < 1.29 is 33.8 Å². The van der Waals surface area contributed by atoms with Crippen LogP contribution in [-0.4, -0.2) is 93.9 Å². The highest BCUT2D eigenvalue weighted by atomic mass is 32.1. The van der Waals surface area contributed by atoms with Gasteiger partial charge in [-0.1, -0.05) is 46.1 Å². The highest BCUT2D eigenvalue weighted by molar-refractivity contribution is 7.14. The van der Waals surface area contributed by atoms with E-state index >= 15 is 0 Å². The van der Waals surface area contributed by atoms with E-state index in [0.29, 0.717) is 39.0 Å². The number of hydroxylamine groups is 1. The summed E-state index contributed by atoms with van der Waals surface area (Å²) in [6.45, 7) is 13.2. The lowest BCUT2D eigenvalue weighted by Gasteiger charge is -2.44. The first-order valence-corrected chi connectivity index (χ1v) is 21.7. The van der Waals surface area contributed by atoms with Crippen LogP contribution in [0.2, 0.25) is 0 Å². The van der Waals surface area contributed by atoms with Gasteiger partial charge >= 0.3 is 5.97 Å². The second-order valence-electron chi connectivity index (χ2n) is 17.7. The molecule has 3 saturated carbocycles. The molecule has 1 aromatic carbocycles. The van der Waals surface area contributed by atoms with Crippen molar-refractivity contribution in [3.63, 3.8) is 0 Å². The van der Waals surface area contributed by atoms with Crippen molar-refractivity contribution in [3.8, 4) is 22.9 Å². The number of ether oxygens (including phenoxy) is 2. The molecule has 0 aliphatic heterocycles. The molecule has 3 aliphatic carbocycles. The number of hydrogen-bond acceptors (Lipinski definition) is 13. The lowest BCUT2D eigenvalue weighted by molar-refractivity contribution is -0.144. The van der Waals surface area contributed by atoms with Crippen molar-refractivity contribution in [1.29, 1.82) is 0 Å². The fourth-order valence-electron chi connectivity index (χ4n) is 8.48. The molecule has 3 fully saturated rings. The van der Waals surface area contributed by atoms with Gasteiger partial charge < -0.3 is 46.2 Å². The number of amides is 3. The summed E-state index contributed by atoms with van der Waals surface area (Å²) in [5.41, 5.74) is 2.28. The summed E-state index contributed by atoms with van der Waals surface area (Å²) in [6.07, 6.45) is 5.68. The monoisotopic (exact) mass is 847 g/mol. The molecule has 6 rings (SSSR count). The van der Waals surface area contributed by atoms with Crippen molar-refractivity contribution in [2.45, 2.75) is 122 Å².